The molecule has 0 aromatic carbocycles. The summed E-state index contributed by atoms with van der Waals surface area (Å²) in [4.78, 5) is 3.78. The summed E-state index contributed by atoms with van der Waals surface area (Å²) in [6, 6.07) is 5.72. The minimum Gasteiger partial charge on any atom is -2.00 e. The Bertz CT molecular complexity index is 88.8. The van der Waals surface area contributed by atoms with Crippen LogP contribution in [-0.2, 0) is 33.8 Å². The van der Waals surface area contributed by atoms with E-state index in [0.717, 1.165) is 0 Å². The van der Waals surface area contributed by atoms with Crippen LogP contribution in [0.1, 0.15) is 0 Å². The van der Waals surface area contributed by atoms with E-state index in [1.165, 1.54) is 0 Å². The molecule has 10 heavy (non-hydrogen) atoms. The Morgan fingerprint density at radius 1 is 0.700 bits per heavy atom. The third kappa shape index (κ3) is 10.5. The van der Waals surface area contributed by atoms with Crippen LogP contribution in [0.3, 0.4) is 0 Å². The Labute approximate surface area is 70.0 Å². The number of aromatic nitrogens is 1. The average Bonchev–Trinajstić information content (AvgIpc) is 1.72. The number of rotatable bonds is 0. The molecule has 0 bridgehead atoms. The first-order valence-corrected chi connectivity index (χ1v) is 1.85. The largest absolute Gasteiger partial charge is 6.00 e. The van der Waals surface area contributed by atoms with Gasteiger partial charge < -0.3 is 16.4 Å². The van der Waals surface area contributed by atoms with Crippen LogP contribution >= 0.6 is 0 Å². The van der Waals surface area contributed by atoms with Crippen LogP contribution in [0.4, 0.5) is 0 Å². The zero-order valence-electron chi connectivity index (χ0n) is 4.97. The number of hydrogen-bond acceptors (Lipinski definition) is 1. The van der Waals surface area contributed by atoms with E-state index in [4.69, 9.17) is 0 Å². The van der Waals surface area contributed by atoms with Gasteiger partial charge in [-0.25, -0.2) is 0 Å². The molecule has 0 atom stereocenters. The van der Waals surface area contributed by atoms with Crippen LogP contribution in [0.2, 0.25) is 0 Å². The van der Waals surface area contributed by atoms with E-state index in [1.807, 2.05) is 18.2 Å². The molecule has 0 unspecified atom stereocenters. The third-order valence-electron chi connectivity index (χ3n) is 0.566. The molecule has 1 heterocycles. The van der Waals surface area contributed by atoms with Gasteiger partial charge in [0.1, 0.15) is 0 Å². The molecular formula is C5H5CrNO3. The molecule has 0 amide bonds. The molecule has 0 aliphatic heterocycles. The van der Waals surface area contributed by atoms with Gasteiger partial charge in [-0.3, -0.25) is 4.98 Å². The van der Waals surface area contributed by atoms with E-state index in [2.05, 4.69) is 4.98 Å². The van der Waals surface area contributed by atoms with Gasteiger partial charge in [-0.15, -0.1) is 0 Å². The second-order valence-corrected chi connectivity index (χ2v) is 1.02. The van der Waals surface area contributed by atoms with Crippen molar-refractivity contribution in [2.45, 2.75) is 0 Å². The first-order chi connectivity index (χ1) is 3.00. The van der Waals surface area contributed by atoms with Crippen LogP contribution in [-0.4, -0.2) is 4.98 Å². The molecule has 1 rings (SSSR count). The maximum atomic E-state index is 3.78. The molecular weight excluding hydrogens is 174 g/mol. The number of pyridine rings is 1. The summed E-state index contributed by atoms with van der Waals surface area (Å²) >= 11 is 0. The Morgan fingerprint density at radius 3 is 1.20 bits per heavy atom. The quantitative estimate of drug-likeness (QED) is 0.575. The molecule has 0 saturated heterocycles. The van der Waals surface area contributed by atoms with Crippen LogP contribution < -0.4 is 0 Å². The fourth-order valence-electron chi connectivity index (χ4n) is 0.313. The monoisotopic (exact) mass is 179 g/mol. The van der Waals surface area contributed by atoms with Crippen molar-refractivity contribution in [3.63, 3.8) is 0 Å². The fraction of sp³-hybridized carbons (Fsp3) is 0. The van der Waals surface area contributed by atoms with Crippen molar-refractivity contribution < 1.29 is 33.8 Å². The van der Waals surface area contributed by atoms with E-state index in [-0.39, 0.29) is 33.8 Å². The van der Waals surface area contributed by atoms with E-state index < -0.39 is 0 Å². The van der Waals surface area contributed by atoms with Crippen molar-refractivity contribution in [2.24, 2.45) is 0 Å². The summed E-state index contributed by atoms with van der Waals surface area (Å²) in [6.07, 6.45) is 3.50. The van der Waals surface area contributed by atoms with Gasteiger partial charge in [0.15, 0.2) is 0 Å². The Morgan fingerprint density at radius 2 is 1.10 bits per heavy atom. The zero-order chi connectivity index (χ0) is 4.24. The van der Waals surface area contributed by atoms with Crippen molar-refractivity contribution >= 4 is 0 Å². The molecule has 5 heteroatoms. The van der Waals surface area contributed by atoms with Crippen molar-refractivity contribution in [1.29, 1.82) is 0 Å². The first kappa shape index (κ1) is 22.7. The van der Waals surface area contributed by atoms with Gasteiger partial charge >= 0.3 is 17.4 Å². The fourth-order valence-corrected chi connectivity index (χ4v) is 0.313. The number of hydrogen-bond donors (Lipinski definition) is 0. The maximum Gasteiger partial charge on any atom is 6.00 e. The summed E-state index contributed by atoms with van der Waals surface area (Å²) < 4.78 is 0. The van der Waals surface area contributed by atoms with Crippen LogP contribution in [0, 0.1) is 0 Å². The third-order valence-corrected chi connectivity index (χ3v) is 0.566. The maximum absolute atomic E-state index is 3.78. The minimum atomic E-state index is 0. The SMILES string of the molecule is [Cr+6].[O-2].[O-2].[O-2].c1ccncc1. The molecule has 0 radical (unpaired) electrons. The van der Waals surface area contributed by atoms with Gasteiger partial charge in [-0.05, 0) is 12.1 Å². The van der Waals surface area contributed by atoms with Gasteiger partial charge in [-0.2, -0.15) is 0 Å². The predicted octanol–water partition coefficient (Wildman–Crippen LogP) is 0.723. The van der Waals surface area contributed by atoms with E-state index in [1.54, 1.807) is 12.4 Å². The first-order valence-electron chi connectivity index (χ1n) is 1.85. The van der Waals surface area contributed by atoms with Crippen LogP contribution in [0.15, 0.2) is 30.6 Å². The zero-order valence-corrected chi connectivity index (χ0v) is 6.24. The second kappa shape index (κ2) is 15.8. The van der Waals surface area contributed by atoms with Crippen molar-refractivity contribution in [2.75, 3.05) is 0 Å². The van der Waals surface area contributed by atoms with Gasteiger partial charge in [0.2, 0.25) is 0 Å². The molecule has 0 N–H and O–H groups in total. The molecule has 1 aromatic heterocycles. The average molecular weight is 179 g/mol. The minimum absolute atomic E-state index is 0. The van der Waals surface area contributed by atoms with E-state index >= 15 is 0 Å². The molecule has 0 fully saturated rings. The normalized spacial score (nSPS) is 4.80. The standard InChI is InChI=1S/C5H5N.Cr.3O/c1-2-4-6-5-3-1;;;;/h1-5H;;;;/q;+6;3*-2. The second-order valence-electron chi connectivity index (χ2n) is 1.02. The van der Waals surface area contributed by atoms with Crippen molar-refractivity contribution in [3.8, 4) is 0 Å². The topological polar surface area (TPSA) is 98.4 Å². The summed E-state index contributed by atoms with van der Waals surface area (Å²) in [7, 11) is 0. The smallest absolute Gasteiger partial charge is 2.00 e. The van der Waals surface area contributed by atoms with E-state index in [9.17, 15) is 0 Å². The van der Waals surface area contributed by atoms with Crippen molar-refractivity contribution in [1.82, 2.24) is 4.98 Å². The number of nitrogens with zero attached hydrogens (tertiary/aromatic N) is 1. The van der Waals surface area contributed by atoms with Crippen LogP contribution in [0.5, 0.6) is 0 Å². The van der Waals surface area contributed by atoms with Gasteiger partial charge in [0.25, 0.3) is 0 Å². The summed E-state index contributed by atoms with van der Waals surface area (Å²) in [5, 5.41) is 0. The Kier molecular flexibility index (Phi) is 35.9. The molecule has 0 aliphatic carbocycles. The molecule has 54 valence electrons. The molecule has 0 saturated carbocycles. The Balaban J connectivity index is -0.0000000450. The van der Waals surface area contributed by atoms with Crippen LogP contribution in [0.25, 0.3) is 0 Å². The Hall–Kier alpha value is -0.438. The van der Waals surface area contributed by atoms with E-state index in [0.29, 0.717) is 0 Å². The predicted molar refractivity (Wildman–Crippen MR) is 26.3 cm³/mol. The van der Waals surface area contributed by atoms with Gasteiger partial charge in [0.05, 0.1) is 0 Å². The summed E-state index contributed by atoms with van der Waals surface area (Å²) in [5.41, 5.74) is 0. The molecule has 1 aromatic rings. The van der Waals surface area contributed by atoms with Gasteiger partial charge in [-0.1, -0.05) is 6.07 Å². The van der Waals surface area contributed by atoms with Crippen molar-refractivity contribution in [3.05, 3.63) is 30.6 Å². The molecule has 0 spiro atoms. The summed E-state index contributed by atoms with van der Waals surface area (Å²) in [6.45, 7) is 0. The molecule has 4 nitrogen and oxygen atoms in total. The summed E-state index contributed by atoms with van der Waals surface area (Å²) in [5.74, 6) is 0. The van der Waals surface area contributed by atoms with Gasteiger partial charge in [0, 0.05) is 12.4 Å². The molecule has 0 aliphatic rings.